The summed E-state index contributed by atoms with van der Waals surface area (Å²) in [5.41, 5.74) is 2.65. The standard InChI is InChI=1S/C16H18N4O/c1-2-15-18-19-16(21-15)14-10-12-6-3-4-7-13(12)11-20(14)9-5-8-17/h3-4,6-7,14H,2,5,9-11H2,1H3/t14-/m0/s1. The average molecular weight is 282 g/mol. The molecule has 0 saturated heterocycles. The van der Waals surface area contributed by atoms with Crippen LogP contribution in [-0.4, -0.2) is 21.6 Å². The number of benzene rings is 1. The molecule has 2 aromatic rings. The zero-order valence-corrected chi connectivity index (χ0v) is 12.1. The molecule has 1 atom stereocenters. The molecule has 108 valence electrons. The van der Waals surface area contributed by atoms with Crippen LogP contribution < -0.4 is 0 Å². The summed E-state index contributed by atoms with van der Waals surface area (Å²) in [5.74, 6) is 1.34. The largest absolute Gasteiger partial charge is 0.424 e. The third-order valence-corrected chi connectivity index (χ3v) is 3.93. The molecule has 0 radical (unpaired) electrons. The monoisotopic (exact) mass is 282 g/mol. The van der Waals surface area contributed by atoms with Gasteiger partial charge < -0.3 is 4.42 Å². The van der Waals surface area contributed by atoms with E-state index >= 15 is 0 Å². The second-order valence-electron chi connectivity index (χ2n) is 5.25. The molecule has 0 N–H and O–H groups in total. The zero-order valence-electron chi connectivity index (χ0n) is 12.1. The van der Waals surface area contributed by atoms with Crippen LogP contribution in [0, 0.1) is 11.3 Å². The van der Waals surface area contributed by atoms with Crippen molar-refractivity contribution in [2.75, 3.05) is 6.54 Å². The molecule has 2 heterocycles. The van der Waals surface area contributed by atoms with E-state index in [0.29, 0.717) is 18.2 Å². The number of hydrogen-bond acceptors (Lipinski definition) is 5. The Labute approximate surface area is 124 Å². The van der Waals surface area contributed by atoms with Gasteiger partial charge in [-0.05, 0) is 17.5 Å². The molecule has 1 aromatic heterocycles. The first-order chi connectivity index (χ1) is 10.3. The van der Waals surface area contributed by atoms with Gasteiger partial charge in [0.1, 0.15) is 0 Å². The van der Waals surface area contributed by atoms with E-state index in [2.05, 4.69) is 45.4 Å². The van der Waals surface area contributed by atoms with E-state index in [0.717, 1.165) is 25.9 Å². The lowest BCUT2D eigenvalue weighted by molar-refractivity contribution is 0.148. The molecule has 0 spiro atoms. The van der Waals surface area contributed by atoms with Gasteiger partial charge in [0.2, 0.25) is 11.8 Å². The Hall–Kier alpha value is -2.19. The third-order valence-electron chi connectivity index (χ3n) is 3.93. The van der Waals surface area contributed by atoms with Gasteiger partial charge in [-0.2, -0.15) is 5.26 Å². The summed E-state index contributed by atoms with van der Waals surface area (Å²) in [5, 5.41) is 17.1. The van der Waals surface area contributed by atoms with E-state index < -0.39 is 0 Å². The van der Waals surface area contributed by atoms with Gasteiger partial charge in [-0.15, -0.1) is 10.2 Å². The first kappa shape index (κ1) is 13.8. The second-order valence-corrected chi connectivity index (χ2v) is 5.25. The van der Waals surface area contributed by atoms with Crippen LogP contribution in [0.15, 0.2) is 28.7 Å². The maximum atomic E-state index is 8.86. The highest BCUT2D eigenvalue weighted by molar-refractivity contribution is 5.30. The molecular formula is C16H18N4O. The minimum Gasteiger partial charge on any atom is -0.424 e. The summed E-state index contributed by atoms with van der Waals surface area (Å²) in [6, 6.07) is 10.7. The molecule has 0 saturated carbocycles. The van der Waals surface area contributed by atoms with E-state index in [1.807, 2.05) is 6.92 Å². The molecule has 5 nitrogen and oxygen atoms in total. The summed E-state index contributed by atoms with van der Waals surface area (Å²) < 4.78 is 5.75. The van der Waals surface area contributed by atoms with Gasteiger partial charge in [-0.1, -0.05) is 31.2 Å². The summed E-state index contributed by atoms with van der Waals surface area (Å²) in [6.07, 6.45) is 2.11. The van der Waals surface area contributed by atoms with Crippen molar-refractivity contribution in [3.05, 3.63) is 47.2 Å². The van der Waals surface area contributed by atoms with E-state index in [4.69, 9.17) is 9.68 Å². The number of hydrogen-bond donors (Lipinski definition) is 0. The maximum absolute atomic E-state index is 8.86. The van der Waals surface area contributed by atoms with Crippen molar-refractivity contribution in [3.8, 4) is 6.07 Å². The molecule has 1 aliphatic heterocycles. The average Bonchev–Trinajstić information content (AvgIpc) is 3.01. The van der Waals surface area contributed by atoms with Crippen LogP contribution in [0.25, 0.3) is 0 Å². The highest BCUT2D eigenvalue weighted by Crippen LogP contribution is 2.32. The highest BCUT2D eigenvalue weighted by atomic mass is 16.4. The Morgan fingerprint density at radius 1 is 1.33 bits per heavy atom. The van der Waals surface area contributed by atoms with Crippen LogP contribution in [-0.2, 0) is 19.4 Å². The van der Waals surface area contributed by atoms with Gasteiger partial charge >= 0.3 is 0 Å². The molecule has 1 aromatic carbocycles. The smallest absolute Gasteiger partial charge is 0.233 e. The molecule has 3 rings (SSSR count). The SMILES string of the molecule is CCc1nnc([C@@H]2Cc3ccccc3CN2CCC#N)o1. The Morgan fingerprint density at radius 3 is 2.86 bits per heavy atom. The first-order valence-corrected chi connectivity index (χ1v) is 7.32. The number of nitrogens with zero attached hydrogens (tertiary/aromatic N) is 4. The van der Waals surface area contributed by atoms with E-state index in [9.17, 15) is 0 Å². The Morgan fingerprint density at radius 2 is 2.14 bits per heavy atom. The zero-order chi connectivity index (χ0) is 14.7. The summed E-state index contributed by atoms with van der Waals surface area (Å²) in [6.45, 7) is 3.55. The number of rotatable bonds is 4. The van der Waals surface area contributed by atoms with Crippen molar-refractivity contribution in [1.29, 1.82) is 5.26 Å². The first-order valence-electron chi connectivity index (χ1n) is 7.32. The minimum absolute atomic E-state index is 0.0704. The lowest BCUT2D eigenvalue weighted by atomic mass is 9.94. The molecule has 0 aliphatic carbocycles. The molecule has 0 fully saturated rings. The van der Waals surface area contributed by atoms with Crippen molar-refractivity contribution in [2.45, 2.75) is 38.8 Å². The number of aryl methyl sites for hydroxylation is 1. The van der Waals surface area contributed by atoms with Gasteiger partial charge in [0, 0.05) is 25.9 Å². The molecule has 5 heteroatoms. The van der Waals surface area contributed by atoms with Crippen LogP contribution in [0.5, 0.6) is 0 Å². The quantitative estimate of drug-likeness (QED) is 0.862. The van der Waals surface area contributed by atoms with Gasteiger partial charge in [0.15, 0.2) is 0 Å². The third kappa shape index (κ3) is 2.81. The molecular weight excluding hydrogens is 264 g/mol. The van der Waals surface area contributed by atoms with Crippen LogP contribution in [0.3, 0.4) is 0 Å². The van der Waals surface area contributed by atoms with Crippen LogP contribution in [0.1, 0.15) is 42.3 Å². The van der Waals surface area contributed by atoms with Gasteiger partial charge in [-0.25, -0.2) is 0 Å². The second kappa shape index (κ2) is 6.06. The van der Waals surface area contributed by atoms with Gasteiger partial charge in [0.25, 0.3) is 0 Å². The lowest BCUT2D eigenvalue weighted by Gasteiger charge is -2.34. The predicted octanol–water partition coefficient (Wildman–Crippen LogP) is 2.65. The van der Waals surface area contributed by atoms with Crippen LogP contribution in [0.4, 0.5) is 0 Å². The van der Waals surface area contributed by atoms with Crippen molar-refractivity contribution in [2.24, 2.45) is 0 Å². The summed E-state index contributed by atoms with van der Waals surface area (Å²) in [7, 11) is 0. The van der Waals surface area contributed by atoms with E-state index in [1.54, 1.807) is 0 Å². The maximum Gasteiger partial charge on any atom is 0.233 e. The fraction of sp³-hybridized carbons (Fsp3) is 0.438. The molecule has 0 unspecified atom stereocenters. The number of fused-ring (bicyclic) bond motifs is 1. The van der Waals surface area contributed by atoms with Gasteiger partial charge in [-0.3, -0.25) is 4.90 Å². The number of nitriles is 1. The number of aromatic nitrogens is 2. The molecule has 1 aliphatic rings. The minimum atomic E-state index is 0.0704. The van der Waals surface area contributed by atoms with Crippen molar-refractivity contribution >= 4 is 0 Å². The fourth-order valence-electron chi connectivity index (χ4n) is 2.79. The van der Waals surface area contributed by atoms with E-state index in [-0.39, 0.29) is 6.04 Å². The summed E-state index contributed by atoms with van der Waals surface area (Å²) >= 11 is 0. The van der Waals surface area contributed by atoms with E-state index in [1.165, 1.54) is 11.1 Å². The predicted molar refractivity (Wildman–Crippen MR) is 77.2 cm³/mol. The Bertz CT molecular complexity index is 658. The topological polar surface area (TPSA) is 66.0 Å². The summed E-state index contributed by atoms with van der Waals surface area (Å²) in [4.78, 5) is 2.26. The van der Waals surface area contributed by atoms with Crippen molar-refractivity contribution in [3.63, 3.8) is 0 Å². The Balaban J connectivity index is 1.90. The van der Waals surface area contributed by atoms with Crippen LogP contribution in [0.2, 0.25) is 0 Å². The molecule has 21 heavy (non-hydrogen) atoms. The van der Waals surface area contributed by atoms with Gasteiger partial charge in [0.05, 0.1) is 12.1 Å². The fourth-order valence-corrected chi connectivity index (χ4v) is 2.79. The molecule has 0 bridgehead atoms. The Kier molecular flexibility index (Phi) is 3.98. The van der Waals surface area contributed by atoms with Crippen molar-refractivity contribution < 1.29 is 4.42 Å². The lowest BCUT2D eigenvalue weighted by Crippen LogP contribution is -2.35. The normalized spacial score (nSPS) is 18.2. The molecule has 0 amide bonds. The van der Waals surface area contributed by atoms with Crippen molar-refractivity contribution in [1.82, 2.24) is 15.1 Å². The van der Waals surface area contributed by atoms with Crippen LogP contribution >= 0.6 is 0 Å². The highest BCUT2D eigenvalue weighted by Gasteiger charge is 2.30.